The second-order valence-corrected chi connectivity index (χ2v) is 9.16. The minimum Gasteiger partial charge on any atom is -0.375 e. The summed E-state index contributed by atoms with van der Waals surface area (Å²) in [6.07, 6.45) is 3.96. The molecule has 0 aliphatic rings. The maximum absolute atomic E-state index is 5.65. The van der Waals surface area contributed by atoms with E-state index in [9.17, 15) is 0 Å². The molecule has 0 amide bonds. The molecule has 1 atom stereocenters. The zero-order valence-corrected chi connectivity index (χ0v) is 19.4. The quantitative estimate of drug-likeness (QED) is 0.387. The highest BCUT2D eigenvalue weighted by molar-refractivity contribution is 9.10. The van der Waals surface area contributed by atoms with Crippen LogP contribution in [0.1, 0.15) is 58.4 Å². The molecule has 0 saturated carbocycles. The standard InChI is InChI=1S/C24H31BrN2O/c1-7-24(4,5)15-20-19-14-17(25)11-12-21(19)27(8-2)23(20)18-10-9-13-26-22(18)16(3)28-6/h9-14,16H,7-8,15H2,1-6H3. The fourth-order valence-electron chi connectivity index (χ4n) is 3.87. The molecule has 28 heavy (non-hydrogen) atoms. The second kappa shape index (κ2) is 8.38. The van der Waals surface area contributed by atoms with Crippen LogP contribution < -0.4 is 0 Å². The van der Waals surface area contributed by atoms with Crippen LogP contribution in [0.2, 0.25) is 0 Å². The Morgan fingerprint density at radius 1 is 1.21 bits per heavy atom. The molecule has 1 unspecified atom stereocenters. The van der Waals surface area contributed by atoms with Crippen LogP contribution in [-0.4, -0.2) is 16.7 Å². The molecule has 1 aromatic carbocycles. The predicted octanol–water partition coefficient (Wildman–Crippen LogP) is 7.17. The molecule has 150 valence electrons. The van der Waals surface area contributed by atoms with Gasteiger partial charge in [-0.25, -0.2) is 0 Å². The van der Waals surface area contributed by atoms with Crippen molar-refractivity contribution in [1.82, 2.24) is 9.55 Å². The number of aromatic nitrogens is 2. The van der Waals surface area contributed by atoms with Crippen LogP contribution in [0.25, 0.3) is 22.2 Å². The Labute approximate surface area is 177 Å². The largest absolute Gasteiger partial charge is 0.375 e. The SMILES string of the molecule is CCn1c(-c2cccnc2C(C)OC)c(CC(C)(C)CC)c2cc(Br)ccc21. The van der Waals surface area contributed by atoms with Crippen molar-refractivity contribution in [1.29, 1.82) is 0 Å². The summed E-state index contributed by atoms with van der Waals surface area (Å²) < 4.78 is 9.20. The van der Waals surface area contributed by atoms with Crippen LogP contribution in [0.4, 0.5) is 0 Å². The van der Waals surface area contributed by atoms with E-state index in [1.807, 2.05) is 12.3 Å². The van der Waals surface area contributed by atoms with Crippen LogP contribution in [0.3, 0.4) is 0 Å². The third kappa shape index (κ3) is 3.90. The van der Waals surface area contributed by atoms with Gasteiger partial charge in [-0.1, -0.05) is 43.1 Å². The van der Waals surface area contributed by atoms with E-state index in [1.165, 1.54) is 27.7 Å². The summed E-state index contributed by atoms with van der Waals surface area (Å²) >= 11 is 3.68. The molecular formula is C24H31BrN2O. The number of nitrogens with zero attached hydrogens (tertiary/aromatic N) is 2. The van der Waals surface area contributed by atoms with Gasteiger partial charge >= 0.3 is 0 Å². The predicted molar refractivity (Wildman–Crippen MR) is 122 cm³/mol. The fraction of sp³-hybridized carbons (Fsp3) is 0.458. The van der Waals surface area contributed by atoms with Gasteiger partial charge in [-0.05, 0) is 61.6 Å². The zero-order valence-electron chi connectivity index (χ0n) is 17.8. The first kappa shape index (κ1) is 21.1. The summed E-state index contributed by atoms with van der Waals surface area (Å²) in [5.74, 6) is 0. The lowest BCUT2D eigenvalue weighted by molar-refractivity contribution is 0.116. The number of rotatable bonds is 7. The lowest BCUT2D eigenvalue weighted by Gasteiger charge is -2.24. The van der Waals surface area contributed by atoms with Crippen molar-refractivity contribution >= 4 is 26.8 Å². The first-order chi connectivity index (χ1) is 13.3. The van der Waals surface area contributed by atoms with Gasteiger partial charge in [-0.3, -0.25) is 4.98 Å². The summed E-state index contributed by atoms with van der Waals surface area (Å²) in [6.45, 7) is 12.2. The number of aryl methyl sites for hydroxylation is 1. The van der Waals surface area contributed by atoms with Gasteiger partial charge in [-0.2, -0.15) is 0 Å². The second-order valence-electron chi connectivity index (χ2n) is 8.24. The van der Waals surface area contributed by atoms with Gasteiger partial charge in [0.1, 0.15) is 0 Å². The number of methoxy groups -OCH3 is 1. The van der Waals surface area contributed by atoms with Crippen LogP contribution in [0.5, 0.6) is 0 Å². The number of hydrogen-bond acceptors (Lipinski definition) is 2. The summed E-state index contributed by atoms with van der Waals surface area (Å²) in [4.78, 5) is 4.70. The molecule has 0 aliphatic heterocycles. The molecular weight excluding hydrogens is 412 g/mol. The molecule has 4 heteroatoms. The Morgan fingerprint density at radius 2 is 1.96 bits per heavy atom. The van der Waals surface area contributed by atoms with E-state index < -0.39 is 0 Å². The van der Waals surface area contributed by atoms with Crippen LogP contribution in [0, 0.1) is 5.41 Å². The van der Waals surface area contributed by atoms with Crippen molar-refractivity contribution in [3.8, 4) is 11.3 Å². The number of fused-ring (bicyclic) bond motifs is 1. The Morgan fingerprint density at radius 3 is 2.61 bits per heavy atom. The molecule has 0 spiro atoms. The molecule has 0 N–H and O–H groups in total. The maximum Gasteiger partial charge on any atom is 0.0969 e. The molecule has 0 radical (unpaired) electrons. The monoisotopic (exact) mass is 442 g/mol. The van der Waals surface area contributed by atoms with Gasteiger partial charge in [0.05, 0.1) is 17.5 Å². The van der Waals surface area contributed by atoms with Crippen molar-refractivity contribution in [2.45, 2.75) is 60.1 Å². The van der Waals surface area contributed by atoms with Crippen molar-refractivity contribution in [2.75, 3.05) is 7.11 Å². The lowest BCUT2D eigenvalue weighted by atomic mass is 9.81. The zero-order chi connectivity index (χ0) is 20.5. The Kier molecular flexibility index (Phi) is 6.31. The van der Waals surface area contributed by atoms with Crippen molar-refractivity contribution < 1.29 is 4.74 Å². The molecule has 0 saturated heterocycles. The number of pyridine rings is 1. The highest BCUT2D eigenvalue weighted by atomic mass is 79.9. The maximum atomic E-state index is 5.65. The van der Waals surface area contributed by atoms with Crippen LogP contribution in [0.15, 0.2) is 41.0 Å². The van der Waals surface area contributed by atoms with Gasteiger partial charge in [0.15, 0.2) is 0 Å². The highest BCUT2D eigenvalue weighted by Crippen LogP contribution is 2.41. The molecule has 3 nitrogen and oxygen atoms in total. The Bertz CT molecular complexity index is 974. The van der Waals surface area contributed by atoms with Gasteiger partial charge in [0.2, 0.25) is 0 Å². The van der Waals surface area contributed by atoms with E-state index in [-0.39, 0.29) is 11.5 Å². The lowest BCUT2D eigenvalue weighted by Crippen LogP contribution is -2.14. The summed E-state index contributed by atoms with van der Waals surface area (Å²) in [6, 6.07) is 10.8. The summed E-state index contributed by atoms with van der Waals surface area (Å²) in [5, 5.41) is 1.33. The first-order valence-corrected chi connectivity index (χ1v) is 10.9. The number of ether oxygens (including phenoxy) is 1. The third-order valence-electron chi connectivity index (χ3n) is 5.89. The molecule has 3 aromatic rings. The van der Waals surface area contributed by atoms with E-state index in [0.717, 1.165) is 29.6 Å². The third-order valence-corrected chi connectivity index (χ3v) is 6.38. The topological polar surface area (TPSA) is 27.1 Å². The van der Waals surface area contributed by atoms with E-state index in [2.05, 4.69) is 79.4 Å². The van der Waals surface area contributed by atoms with Gasteiger partial charge < -0.3 is 9.30 Å². The van der Waals surface area contributed by atoms with Crippen LogP contribution in [-0.2, 0) is 17.7 Å². The van der Waals surface area contributed by atoms with Crippen molar-refractivity contribution in [2.24, 2.45) is 5.41 Å². The van der Waals surface area contributed by atoms with E-state index in [4.69, 9.17) is 9.72 Å². The molecule has 0 fully saturated rings. The van der Waals surface area contributed by atoms with E-state index in [0.29, 0.717) is 0 Å². The molecule has 0 aliphatic carbocycles. The Balaban J connectivity index is 2.39. The summed E-state index contributed by atoms with van der Waals surface area (Å²) in [7, 11) is 1.75. The highest BCUT2D eigenvalue weighted by Gasteiger charge is 2.26. The van der Waals surface area contributed by atoms with Crippen molar-refractivity contribution in [3.63, 3.8) is 0 Å². The number of benzene rings is 1. The van der Waals surface area contributed by atoms with Gasteiger partial charge in [-0.15, -0.1) is 0 Å². The molecule has 3 rings (SSSR count). The minimum atomic E-state index is -0.0571. The van der Waals surface area contributed by atoms with Gasteiger partial charge in [0.25, 0.3) is 0 Å². The number of halogens is 1. The summed E-state index contributed by atoms with van der Waals surface area (Å²) in [5.41, 5.74) is 6.36. The molecule has 0 bridgehead atoms. The van der Waals surface area contributed by atoms with E-state index >= 15 is 0 Å². The van der Waals surface area contributed by atoms with E-state index in [1.54, 1.807) is 7.11 Å². The smallest absolute Gasteiger partial charge is 0.0969 e. The number of hydrogen-bond donors (Lipinski definition) is 0. The molecule has 2 aromatic heterocycles. The minimum absolute atomic E-state index is 0.0571. The fourth-order valence-corrected chi connectivity index (χ4v) is 4.23. The Hall–Kier alpha value is -1.65. The first-order valence-electron chi connectivity index (χ1n) is 10.1. The average molecular weight is 443 g/mol. The average Bonchev–Trinajstić information content (AvgIpc) is 2.99. The van der Waals surface area contributed by atoms with Crippen molar-refractivity contribution in [3.05, 3.63) is 52.3 Å². The normalized spacial score (nSPS) is 13.2. The van der Waals surface area contributed by atoms with Crippen LogP contribution >= 0.6 is 15.9 Å². The van der Waals surface area contributed by atoms with Gasteiger partial charge in [0, 0.05) is 40.8 Å². The molecule has 2 heterocycles.